The smallest absolute Gasteiger partial charge is 0.330 e. The number of amides is 1. The average Bonchev–Trinajstić information content (AvgIpc) is 3.20. The van der Waals surface area contributed by atoms with Crippen molar-refractivity contribution in [3.63, 3.8) is 0 Å². The van der Waals surface area contributed by atoms with E-state index >= 15 is 0 Å². The Bertz CT molecular complexity index is 2410. The van der Waals surface area contributed by atoms with Crippen LogP contribution in [0.2, 0.25) is 0 Å². The van der Waals surface area contributed by atoms with E-state index in [9.17, 15) is 59.1 Å². The minimum atomic E-state index is -1.97. The van der Waals surface area contributed by atoms with Gasteiger partial charge in [0, 0.05) is 66.6 Å². The van der Waals surface area contributed by atoms with Gasteiger partial charge < -0.3 is 83.5 Å². The standard InChI is InChI=1S/C56H89N5O22/c1-9-10-11-12-13-14-15-16-17-18-19-20-21-22-23-33(78-37(63)26-31(2)27-38(64)81-55-50(76-8)49(75-7)46(74-6)32(3)77-55)28-39(65)79-35-30-59(4)41(51(70)60(5)40(35)53(71)72)47(83-54-45(69)42(66)34(29-57)80-54)48-43(67)44(68)52(82-48)61-25-24-36(62)58-56(61)73/h13-14,16-17,24-25,31-35,40-50,52,54-55,66-69H,9-12,15,18-23,26-30,57H2,1-8H3,(H,71,72)(H,58,62,73)/b14-13-,17-16-/t31-,32-,33-,34+,35-,40-,41-,42+,43-,44+,45+,46-,47?,48-,49+,50+,52+,54-,55-/m0/s1. The number of likely N-dealkylation sites (N-methyl/N-ethyl adjacent to an activating group) is 2. The zero-order valence-corrected chi connectivity index (χ0v) is 48.8. The number of allylic oxidation sites excluding steroid dienone is 4. The lowest BCUT2D eigenvalue weighted by molar-refractivity contribution is -0.297. The molecule has 1 aromatic rings. The van der Waals surface area contributed by atoms with Gasteiger partial charge in [0.1, 0.15) is 79.3 Å². The summed E-state index contributed by atoms with van der Waals surface area (Å²) in [5, 5.41) is 55.3. The Balaban J connectivity index is 1.32. The molecular weight excluding hydrogens is 1090 g/mol. The summed E-state index contributed by atoms with van der Waals surface area (Å²) in [6.45, 7) is 4.76. The number of aliphatic hydroxyl groups excluding tert-OH is 4. The van der Waals surface area contributed by atoms with Gasteiger partial charge in [0.15, 0.2) is 18.6 Å². The molecule has 83 heavy (non-hydrogen) atoms. The number of nitrogens with zero attached hydrogens (tertiary/aromatic N) is 3. The van der Waals surface area contributed by atoms with Crippen molar-refractivity contribution < 1.29 is 96.9 Å². The number of unbranched alkanes of at least 4 members (excludes halogenated alkanes) is 7. The zero-order valence-electron chi connectivity index (χ0n) is 48.8. The molecule has 19 atom stereocenters. The molecule has 0 aromatic carbocycles. The van der Waals surface area contributed by atoms with Crippen LogP contribution in [0, 0.1) is 5.92 Å². The van der Waals surface area contributed by atoms with Gasteiger partial charge in [-0.15, -0.1) is 0 Å². The second-order valence-electron chi connectivity index (χ2n) is 21.8. The van der Waals surface area contributed by atoms with Crippen LogP contribution in [-0.2, 0) is 71.3 Å². The van der Waals surface area contributed by atoms with Gasteiger partial charge in [-0.25, -0.2) is 9.59 Å². The largest absolute Gasteiger partial charge is 0.480 e. The lowest BCUT2D eigenvalue weighted by Crippen LogP contribution is -2.59. The van der Waals surface area contributed by atoms with Gasteiger partial charge in [0.25, 0.3) is 5.56 Å². The van der Waals surface area contributed by atoms with Crippen molar-refractivity contribution >= 4 is 29.8 Å². The van der Waals surface area contributed by atoms with E-state index in [1.807, 2.05) is 4.98 Å². The van der Waals surface area contributed by atoms with Crippen molar-refractivity contribution in [3.05, 3.63) is 57.4 Å². The maximum Gasteiger partial charge on any atom is 0.330 e. The Labute approximate surface area is 483 Å². The first-order chi connectivity index (χ1) is 39.6. The van der Waals surface area contributed by atoms with Crippen LogP contribution in [0.1, 0.15) is 117 Å². The molecule has 0 radical (unpaired) electrons. The third-order valence-electron chi connectivity index (χ3n) is 15.5. The molecule has 4 saturated heterocycles. The molecule has 0 spiro atoms. The Morgan fingerprint density at radius 3 is 2.02 bits per heavy atom. The van der Waals surface area contributed by atoms with Crippen molar-refractivity contribution in [2.45, 2.75) is 221 Å². The summed E-state index contributed by atoms with van der Waals surface area (Å²) in [7, 11) is 6.87. The fraction of sp³-hybridized carbons (Fsp3) is 0.768. The fourth-order valence-corrected chi connectivity index (χ4v) is 11.0. The quantitative estimate of drug-likeness (QED) is 0.0224. The van der Waals surface area contributed by atoms with E-state index < -0.39 is 170 Å². The molecule has 0 saturated carbocycles. The Kier molecular flexibility index (Phi) is 27.9. The molecule has 27 nitrogen and oxygen atoms in total. The number of aliphatic carboxylic acids is 1. The highest BCUT2D eigenvalue weighted by Gasteiger charge is 2.57. The minimum absolute atomic E-state index is 0.206. The van der Waals surface area contributed by atoms with Crippen LogP contribution >= 0.6 is 0 Å². The van der Waals surface area contributed by atoms with E-state index in [1.54, 1.807) is 13.8 Å². The van der Waals surface area contributed by atoms with Crippen LogP contribution in [-0.4, -0.2) is 227 Å². The first-order valence-corrected chi connectivity index (χ1v) is 28.6. The third-order valence-corrected chi connectivity index (χ3v) is 15.5. The molecular formula is C56H89N5O22. The number of aromatic nitrogens is 2. The summed E-state index contributed by atoms with van der Waals surface area (Å²) in [4.78, 5) is 97.8. The Hall–Kier alpha value is -5.01. The van der Waals surface area contributed by atoms with Gasteiger partial charge in [0.2, 0.25) is 12.2 Å². The molecule has 0 bridgehead atoms. The van der Waals surface area contributed by atoms with Gasteiger partial charge in [-0.3, -0.25) is 38.4 Å². The van der Waals surface area contributed by atoms with E-state index in [1.165, 1.54) is 52.5 Å². The number of methoxy groups -OCH3 is 3. The number of carbonyl (C=O) groups is 5. The molecule has 1 amide bonds. The first kappa shape index (κ1) is 68.8. The van der Waals surface area contributed by atoms with E-state index in [4.69, 9.17) is 53.1 Å². The highest BCUT2D eigenvalue weighted by atomic mass is 16.7. The number of aromatic amines is 1. The van der Waals surface area contributed by atoms with Gasteiger partial charge >= 0.3 is 29.6 Å². The molecule has 470 valence electrons. The maximum atomic E-state index is 14.7. The monoisotopic (exact) mass is 1180 g/mol. The number of carbonyl (C=O) groups excluding carboxylic acids is 4. The Morgan fingerprint density at radius 2 is 1.41 bits per heavy atom. The van der Waals surface area contributed by atoms with Crippen molar-refractivity contribution in [1.29, 1.82) is 0 Å². The van der Waals surface area contributed by atoms with Crippen LogP contribution in [0.15, 0.2) is 46.2 Å². The number of carboxylic acids is 1. The van der Waals surface area contributed by atoms with Gasteiger partial charge in [-0.2, -0.15) is 0 Å². The molecule has 0 aliphatic carbocycles. The normalized spacial score (nSPS) is 31.7. The first-order valence-electron chi connectivity index (χ1n) is 28.6. The summed E-state index contributed by atoms with van der Waals surface area (Å²) in [5.41, 5.74) is 3.95. The SMILES string of the molecule is CCCCC/C=C\C/C=C\CCCCCC[C@@H](CC(=O)O[C@H]1CN(C)[C@@H](C(O[C@@H]2O[C@H](CN)[C@@H](O)[C@H]2O)[C@H]2O[C@@H](n3ccc(=O)[nH]c3=O)[C@H](O)[C@@H]2O)C(=O)N(C)[C@@H]1C(=O)O)OC(=O)C[C@H](C)CC(=O)O[C@@H]1O[C@@H](C)[C@H](OC)[C@@H](OC)[C@H]1OC. The van der Waals surface area contributed by atoms with Crippen molar-refractivity contribution in [2.75, 3.05) is 48.5 Å². The number of H-pyrrole nitrogens is 1. The summed E-state index contributed by atoms with van der Waals surface area (Å²) in [6, 6.07) is -2.62. The zero-order chi connectivity index (χ0) is 61.1. The number of carboxylic acid groups (broad SMARTS) is 1. The van der Waals surface area contributed by atoms with Crippen molar-refractivity contribution in [2.24, 2.45) is 11.7 Å². The number of aliphatic hydroxyl groups is 4. The minimum Gasteiger partial charge on any atom is -0.480 e. The number of rotatable bonds is 32. The van der Waals surface area contributed by atoms with Crippen LogP contribution in [0.25, 0.3) is 0 Å². The number of esters is 3. The maximum absolute atomic E-state index is 14.7. The van der Waals surface area contributed by atoms with Gasteiger partial charge in [0.05, 0.1) is 12.5 Å². The lowest BCUT2D eigenvalue weighted by Gasteiger charge is -2.43. The topological polar surface area (TPSA) is 366 Å². The van der Waals surface area contributed by atoms with Gasteiger partial charge in [-0.1, -0.05) is 63.8 Å². The molecule has 4 aliphatic heterocycles. The molecule has 4 aliphatic rings. The van der Waals surface area contributed by atoms with E-state index in [-0.39, 0.29) is 25.8 Å². The Morgan fingerprint density at radius 1 is 0.771 bits per heavy atom. The van der Waals surface area contributed by atoms with Crippen molar-refractivity contribution in [3.8, 4) is 0 Å². The highest BCUT2D eigenvalue weighted by molar-refractivity contribution is 5.88. The highest BCUT2D eigenvalue weighted by Crippen LogP contribution is 2.37. The van der Waals surface area contributed by atoms with E-state index in [0.717, 1.165) is 67.3 Å². The second-order valence-corrected chi connectivity index (χ2v) is 21.8. The number of ether oxygens (including phenoxy) is 10. The van der Waals surface area contributed by atoms with Crippen LogP contribution in [0.3, 0.4) is 0 Å². The van der Waals surface area contributed by atoms with Gasteiger partial charge in [-0.05, 0) is 64.8 Å². The summed E-state index contributed by atoms with van der Waals surface area (Å²) >= 11 is 0. The van der Waals surface area contributed by atoms with E-state index in [0.29, 0.717) is 6.42 Å². The predicted octanol–water partition coefficient (Wildman–Crippen LogP) is 0.558. The molecule has 27 heteroatoms. The number of nitrogens with one attached hydrogen (secondary N) is 1. The summed E-state index contributed by atoms with van der Waals surface area (Å²) in [6.07, 6.45) is -3.70. The number of nitrogens with two attached hydrogens (primary N) is 1. The number of hydrogen-bond acceptors (Lipinski definition) is 23. The predicted molar refractivity (Wildman–Crippen MR) is 293 cm³/mol. The van der Waals surface area contributed by atoms with E-state index in [2.05, 4.69) is 31.2 Å². The molecule has 5 rings (SSSR count). The lowest BCUT2D eigenvalue weighted by atomic mass is 9.97. The fourth-order valence-electron chi connectivity index (χ4n) is 11.0. The molecule has 1 unspecified atom stereocenters. The summed E-state index contributed by atoms with van der Waals surface area (Å²) < 4.78 is 58.8. The third kappa shape index (κ3) is 18.7. The van der Waals surface area contributed by atoms with Crippen LogP contribution in [0.4, 0.5) is 0 Å². The molecule has 8 N–H and O–H groups in total. The molecule has 4 fully saturated rings. The van der Waals surface area contributed by atoms with Crippen molar-refractivity contribution in [1.82, 2.24) is 19.4 Å². The average molecular weight is 1180 g/mol. The molecule has 5 heterocycles. The summed E-state index contributed by atoms with van der Waals surface area (Å²) in [5.74, 6) is -5.62. The second kappa shape index (κ2) is 33.6. The van der Waals surface area contributed by atoms with Crippen LogP contribution < -0.4 is 17.0 Å². The molecule has 1 aromatic heterocycles. The van der Waals surface area contributed by atoms with Crippen LogP contribution in [0.5, 0.6) is 0 Å². The number of hydrogen-bond donors (Lipinski definition) is 7.